The number of aryl methyl sites for hydroxylation is 1. The number of rotatable bonds is 5. The van der Waals surface area contributed by atoms with Crippen LogP contribution in [0, 0.1) is 6.92 Å². The van der Waals surface area contributed by atoms with Gasteiger partial charge in [0.2, 0.25) is 0 Å². The Hall–Kier alpha value is -2.32. The molecular weight excluding hydrogens is 332 g/mol. The van der Waals surface area contributed by atoms with Gasteiger partial charge in [-0.1, -0.05) is 6.07 Å². The molecule has 1 N–H and O–H groups in total. The number of carbonyl (C=O) groups is 1. The molecule has 0 aliphatic heterocycles. The van der Waals surface area contributed by atoms with Crippen LogP contribution in [0.15, 0.2) is 40.6 Å². The van der Waals surface area contributed by atoms with Crippen molar-refractivity contribution in [1.29, 1.82) is 0 Å². The normalized spacial score (nSPS) is 10.7. The summed E-state index contributed by atoms with van der Waals surface area (Å²) in [6.07, 6.45) is 1.55. The molecule has 0 saturated carbocycles. The summed E-state index contributed by atoms with van der Waals surface area (Å²) in [5.74, 6) is -0.174. The van der Waals surface area contributed by atoms with Crippen molar-refractivity contribution in [2.24, 2.45) is 0 Å². The van der Waals surface area contributed by atoms with Crippen LogP contribution in [-0.2, 0) is 6.54 Å². The Labute approximate surface area is 140 Å². The van der Waals surface area contributed by atoms with Crippen LogP contribution in [0.5, 0.6) is 0 Å². The lowest BCUT2D eigenvalue weighted by Crippen LogP contribution is -2.31. The smallest absolute Gasteiger partial charge is 0.266 e. The maximum Gasteiger partial charge on any atom is 0.266 e. The third kappa shape index (κ3) is 3.54. The van der Waals surface area contributed by atoms with Crippen LogP contribution in [0.4, 0.5) is 0 Å². The van der Waals surface area contributed by atoms with Crippen LogP contribution in [0.3, 0.4) is 0 Å². The number of carbonyl (C=O) groups excluding carboxylic acids is 1. The van der Waals surface area contributed by atoms with Gasteiger partial charge in [-0.2, -0.15) is 5.10 Å². The number of hydrogen-bond donors (Lipinski definition) is 1. The highest BCUT2D eigenvalue weighted by Gasteiger charge is 2.16. The second-order valence-corrected chi connectivity index (χ2v) is 6.70. The lowest BCUT2D eigenvalue weighted by molar-refractivity contribution is 0.0955. The zero-order chi connectivity index (χ0) is 16.2. The molecular formula is C15H14N4O2S2. The first kappa shape index (κ1) is 15.6. The van der Waals surface area contributed by atoms with Crippen LogP contribution in [0.2, 0.25) is 0 Å². The molecule has 6 nitrogen and oxygen atoms in total. The molecule has 23 heavy (non-hydrogen) atoms. The highest BCUT2D eigenvalue weighted by Crippen LogP contribution is 2.30. The Morgan fingerprint density at radius 3 is 2.96 bits per heavy atom. The van der Waals surface area contributed by atoms with Crippen molar-refractivity contribution >= 4 is 28.6 Å². The van der Waals surface area contributed by atoms with Gasteiger partial charge in [0.15, 0.2) is 0 Å². The molecule has 3 rings (SSSR count). The molecule has 3 aromatic rings. The van der Waals surface area contributed by atoms with Gasteiger partial charge in [-0.25, -0.2) is 9.67 Å². The maximum absolute atomic E-state index is 12.3. The molecule has 0 atom stereocenters. The van der Waals surface area contributed by atoms with E-state index in [-0.39, 0.29) is 11.5 Å². The second kappa shape index (κ2) is 6.84. The topological polar surface area (TPSA) is 76.9 Å². The van der Waals surface area contributed by atoms with Gasteiger partial charge in [0, 0.05) is 18.8 Å². The summed E-state index contributed by atoms with van der Waals surface area (Å²) in [5, 5.41) is 9.59. The van der Waals surface area contributed by atoms with Crippen molar-refractivity contribution in [1.82, 2.24) is 20.1 Å². The van der Waals surface area contributed by atoms with Crippen LogP contribution in [0.25, 0.3) is 9.88 Å². The highest BCUT2D eigenvalue weighted by molar-refractivity contribution is 7.22. The number of nitrogens with zero attached hydrogens (tertiary/aromatic N) is 3. The average molecular weight is 346 g/mol. The Bertz CT molecular complexity index is 868. The minimum Gasteiger partial charge on any atom is -0.349 e. The lowest BCUT2D eigenvalue weighted by atomic mass is 10.3. The van der Waals surface area contributed by atoms with E-state index in [1.54, 1.807) is 23.6 Å². The van der Waals surface area contributed by atoms with Crippen molar-refractivity contribution < 1.29 is 4.79 Å². The fourth-order valence-corrected chi connectivity index (χ4v) is 3.80. The highest BCUT2D eigenvalue weighted by atomic mass is 32.1. The van der Waals surface area contributed by atoms with Gasteiger partial charge in [-0.05, 0) is 24.4 Å². The van der Waals surface area contributed by atoms with E-state index in [1.165, 1.54) is 22.1 Å². The summed E-state index contributed by atoms with van der Waals surface area (Å²) in [6.45, 7) is 2.49. The van der Waals surface area contributed by atoms with Crippen LogP contribution in [-0.4, -0.2) is 27.2 Å². The van der Waals surface area contributed by atoms with E-state index in [1.807, 2.05) is 24.4 Å². The van der Waals surface area contributed by atoms with Crippen LogP contribution >= 0.6 is 22.7 Å². The first-order valence-electron chi connectivity index (χ1n) is 6.97. The van der Waals surface area contributed by atoms with E-state index >= 15 is 0 Å². The number of hydrogen-bond acceptors (Lipinski definition) is 6. The van der Waals surface area contributed by atoms with Crippen LogP contribution in [0.1, 0.15) is 15.4 Å². The molecule has 8 heteroatoms. The Morgan fingerprint density at radius 1 is 1.35 bits per heavy atom. The first-order chi connectivity index (χ1) is 11.1. The molecule has 118 valence electrons. The van der Waals surface area contributed by atoms with E-state index in [2.05, 4.69) is 15.4 Å². The summed E-state index contributed by atoms with van der Waals surface area (Å²) in [4.78, 5) is 29.9. The van der Waals surface area contributed by atoms with E-state index in [0.717, 1.165) is 9.88 Å². The van der Waals surface area contributed by atoms with Gasteiger partial charge in [0.1, 0.15) is 9.88 Å². The monoisotopic (exact) mass is 346 g/mol. The van der Waals surface area contributed by atoms with Gasteiger partial charge >= 0.3 is 0 Å². The fourth-order valence-electron chi connectivity index (χ4n) is 2.02. The predicted molar refractivity (Wildman–Crippen MR) is 91.0 cm³/mol. The summed E-state index contributed by atoms with van der Waals surface area (Å²) < 4.78 is 1.32. The minimum atomic E-state index is -0.185. The molecule has 0 saturated heterocycles. The third-order valence-corrected chi connectivity index (χ3v) is 5.32. The zero-order valence-electron chi connectivity index (χ0n) is 12.4. The van der Waals surface area contributed by atoms with Gasteiger partial charge in [-0.3, -0.25) is 9.59 Å². The summed E-state index contributed by atoms with van der Waals surface area (Å²) >= 11 is 2.97. The van der Waals surface area contributed by atoms with Gasteiger partial charge in [0.25, 0.3) is 11.5 Å². The lowest BCUT2D eigenvalue weighted by Gasteiger charge is -2.05. The standard InChI is InChI=1S/C15H14N4O2S2/c1-10-13(23-15(18-10)11-4-3-9-22-11)14(21)16-7-8-19-12(20)5-2-6-17-19/h2-6,9H,7-8H2,1H3,(H,16,21). The van der Waals surface area contributed by atoms with Gasteiger partial charge in [-0.15, -0.1) is 22.7 Å². The van der Waals surface area contributed by atoms with E-state index < -0.39 is 0 Å². The predicted octanol–water partition coefficient (Wildman–Crippen LogP) is 2.17. The van der Waals surface area contributed by atoms with E-state index in [0.29, 0.717) is 23.7 Å². The second-order valence-electron chi connectivity index (χ2n) is 4.75. The molecule has 0 spiro atoms. The third-order valence-electron chi connectivity index (χ3n) is 3.13. The molecule has 0 unspecified atom stereocenters. The molecule has 0 radical (unpaired) electrons. The summed E-state index contributed by atoms with van der Waals surface area (Å²) in [5.41, 5.74) is 0.529. The van der Waals surface area contributed by atoms with Gasteiger partial charge < -0.3 is 5.32 Å². The van der Waals surface area contributed by atoms with Crippen LogP contribution < -0.4 is 10.9 Å². The average Bonchev–Trinajstić information content (AvgIpc) is 3.18. The van der Waals surface area contributed by atoms with E-state index in [4.69, 9.17) is 0 Å². The molecule has 3 heterocycles. The van der Waals surface area contributed by atoms with Crippen molar-refractivity contribution in [3.8, 4) is 9.88 Å². The Morgan fingerprint density at radius 2 is 2.22 bits per heavy atom. The minimum absolute atomic E-state index is 0.174. The SMILES string of the molecule is Cc1nc(-c2cccs2)sc1C(=O)NCCn1ncccc1=O. The number of thiophene rings is 1. The molecule has 0 fully saturated rings. The molecule has 0 aromatic carbocycles. The summed E-state index contributed by atoms with van der Waals surface area (Å²) in [7, 11) is 0. The number of nitrogens with one attached hydrogen (secondary N) is 1. The Balaban J connectivity index is 1.65. The first-order valence-corrected chi connectivity index (χ1v) is 8.66. The number of amides is 1. The molecule has 0 aliphatic carbocycles. The summed E-state index contributed by atoms with van der Waals surface area (Å²) in [6, 6.07) is 6.97. The number of thiazole rings is 1. The fraction of sp³-hybridized carbons (Fsp3) is 0.200. The number of aromatic nitrogens is 3. The zero-order valence-corrected chi connectivity index (χ0v) is 14.0. The van der Waals surface area contributed by atoms with Crippen molar-refractivity contribution in [3.63, 3.8) is 0 Å². The van der Waals surface area contributed by atoms with Crippen molar-refractivity contribution in [2.75, 3.05) is 6.54 Å². The maximum atomic E-state index is 12.3. The Kier molecular flexibility index (Phi) is 4.63. The molecule has 0 aliphatic rings. The molecule has 1 amide bonds. The molecule has 0 bridgehead atoms. The van der Waals surface area contributed by atoms with Crippen molar-refractivity contribution in [3.05, 3.63) is 56.8 Å². The van der Waals surface area contributed by atoms with Crippen molar-refractivity contribution in [2.45, 2.75) is 13.5 Å². The quantitative estimate of drug-likeness (QED) is 0.768. The van der Waals surface area contributed by atoms with Gasteiger partial charge in [0.05, 0.1) is 17.1 Å². The molecule has 3 aromatic heterocycles. The van der Waals surface area contributed by atoms with E-state index in [9.17, 15) is 9.59 Å². The largest absolute Gasteiger partial charge is 0.349 e.